The summed E-state index contributed by atoms with van der Waals surface area (Å²) < 4.78 is 0. The summed E-state index contributed by atoms with van der Waals surface area (Å²) in [4.78, 5) is 52.2. The Morgan fingerprint density at radius 3 is 2.12 bits per heavy atom. The molecule has 136 valence electrons. The Balaban J connectivity index is 1.46. The molecule has 0 saturated carbocycles. The molecule has 0 aliphatic carbocycles. The highest BCUT2D eigenvalue weighted by Crippen LogP contribution is 2.20. The molecular weight excluding hydrogens is 340 g/mol. The van der Waals surface area contributed by atoms with Crippen LogP contribution >= 0.6 is 0 Å². The average Bonchev–Trinajstić information content (AvgIpc) is 3.11. The van der Waals surface area contributed by atoms with Gasteiger partial charge in [0.25, 0.3) is 23.6 Å². The first-order valence-corrected chi connectivity index (χ1v) is 8.31. The Labute approximate surface area is 149 Å². The van der Waals surface area contributed by atoms with Gasteiger partial charge in [0.1, 0.15) is 0 Å². The lowest BCUT2D eigenvalue weighted by Crippen LogP contribution is -2.34. The molecule has 1 fully saturated rings. The number of aryl methyl sites for hydroxylation is 1. The largest absolute Gasteiger partial charge is 0.366 e. The van der Waals surface area contributed by atoms with Crippen LogP contribution in [0.15, 0.2) is 36.4 Å². The van der Waals surface area contributed by atoms with E-state index in [4.69, 9.17) is 4.84 Å². The number of imide groups is 2. The van der Waals surface area contributed by atoms with E-state index in [2.05, 4.69) is 0 Å². The molecule has 2 aliphatic heterocycles. The number of hydroxylamine groups is 2. The molecule has 1 atom stereocenters. The number of hydrogen-bond acceptors (Lipinski definition) is 6. The fourth-order valence-corrected chi connectivity index (χ4v) is 2.80. The topological polar surface area (TPSA) is 104 Å². The third-order valence-corrected chi connectivity index (χ3v) is 4.15. The summed E-state index contributed by atoms with van der Waals surface area (Å²) >= 11 is 0. The second-order valence-electron chi connectivity index (χ2n) is 6.05. The predicted octanol–water partition coefficient (Wildman–Crippen LogP) is 0.838. The highest BCUT2D eigenvalue weighted by Gasteiger charge is 2.32. The molecule has 2 heterocycles. The van der Waals surface area contributed by atoms with Crippen molar-refractivity contribution in [1.82, 2.24) is 5.06 Å². The SMILES string of the molecule is O=C1CCC(=O)N1OC(O)CCCc1ccc(N2C(=O)C=CC2=O)cc1. The van der Waals surface area contributed by atoms with Crippen LogP contribution in [0.1, 0.15) is 31.2 Å². The summed E-state index contributed by atoms with van der Waals surface area (Å²) in [6.45, 7) is 0. The number of hydrogen-bond donors (Lipinski definition) is 1. The van der Waals surface area contributed by atoms with E-state index in [1.54, 1.807) is 24.3 Å². The zero-order chi connectivity index (χ0) is 18.7. The lowest BCUT2D eigenvalue weighted by Gasteiger charge is -2.18. The maximum Gasteiger partial charge on any atom is 0.258 e. The Kier molecular flexibility index (Phi) is 5.24. The van der Waals surface area contributed by atoms with Crippen LogP contribution in [0.2, 0.25) is 0 Å². The molecule has 1 N–H and O–H groups in total. The molecule has 8 nitrogen and oxygen atoms in total. The van der Waals surface area contributed by atoms with Gasteiger partial charge in [0.05, 0.1) is 5.69 Å². The molecule has 0 aromatic heterocycles. The normalized spacial score (nSPS) is 18.3. The minimum Gasteiger partial charge on any atom is -0.366 e. The van der Waals surface area contributed by atoms with Crippen LogP contribution in [0.4, 0.5) is 5.69 Å². The van der Waals surface area contributed by atoms with Crippen molar-refractivity contribution in [3.63, 3.8) is 0 Å². The standard InChI is InChI=1S/C18H18N2O6/c21-14-8-9-15(22)19(14)13-6-4-12(5-7-13)2-1-3-18(25)26-20-16(23)10-11-17(20)24/h4-9,18,25H,1-3,10-11H2. The molecule has 1 saturated heterocycles. The van der Waals surface area contributed by atoms with E-state index in [0.717, 1.165) is 10.5 Å². The molecule has 0 spiro atoms. The molecule has 3 rings (SSSR count). The smallest absolute Gasteiger partial charge is 0.258 e. The van der Waals surface area contributed by atoms with Crippen molar-refractivity contribution in [2.24, 2.45) is 0 Å². The van der Waals surface area contributed by atoms with E-state index in [1.807, 2.05) is 0 Å². The van der Waals surface area contributed by atoms with Gasteiger partial charge in [-0.15, -0.1) is 0 Å². The minimum absolute atomic E-state index is 0.107. The van der Waals surface area contributed by atoms with Crippen LogP contribution in [-0.4, -0.2) is 40.1 Å². The summed E-state index contributed by atoms with van der Waals surface area (Å²) in [5.41, 5.74) is 1.46. The summed E-state index contributed by atoms with van der Waals surface area (Å²) in [5, 5.41) is 10.4. The highest BCUT2D eigenvalue weighted by molar-refractivity contribution is 6.28. The van der Waals surface area contributed by atoms with Crippen molar-refractivity contribution in [1.29, 1.82) is 0 Å². The predicted molar refractivity (Wildman–Crippen MR) is 89.2 cm³/mol. The number of benzene rings is 1. The van der Waals surface area contributed by atoms with E-state index < -0.39 is 18.1 Å². The fourth-order valence-electron chi connectivity index (χ4n) is 2.80. The van der Waals surface area contributed by atoms with Crippen molar-refractivity contribution >= 4 is 29.3 Å². The van der Waals surface area contributed by atoms with E-state index in [-0.39, 0.29) is 31.1 Å². The van der Waals surface area contributed by atoms with Gasteiger partial charge in [0.15, 0.2) is 6.29 Å². The quantitative estimate of drug-likeness (QED) is 0.572. The van der Waals surface area contributed by atoms with E-state index in [1.165, 1.54) is 12.2 Å². The zero-order valence-electron chi connectivity index (χ0n) is 14.0. The lowest BCUT2D eigenvalue weighted by molar-refractivity contribution is -0.245. The first-order valence-electron chi connectivity index (χ1n) is 8.31. The first kappa shape index (κ1) is 18.0. The summed E-state index contributed by atoms with van der Waals surface area (Å²) in [6.07, 6.45) is 2.89. The number of carbonyl (C=O) groups is 4. The van der Waals surface area contributed by atoms with Crippen LogP contribution in [0.5, 0.6) is 0 Å². The van der Waals surface area contributed by atoms with Crippen LogP contribution in [0.3, 0.4) is 0 Å². The maximum absolute atomic E-state index is 11.6. The third kappa shape index (κ3) is 3.87. The maximum atomic E-state index is 11.6. The van der Waals surface area contributed by atoms with Crippen LogP contribution < -0.4 is 4.90 Å². The van der Waals surface area contributed by atoms with E-state index in [9.17, 15) is 24.3 Å². The molecule has 4 amide bonds. The number of carbonyl (C=O) groups excluding carboxylic acids is 4. The Bertz CT molecular complexity index is 736. The van der Waals surface area contributed by atoms with Crippen molar-refractivity contribution < 1.29 is 29.1 Å². The monoisotopic (exact) mass is 358 g/mol. The van der Waals surface area contributed by atoms with Crippen molar-refractivity contribution in [2.75, 3.05) is 4.90 Å². The average molecular weight is 358 g/mol. The highest BCUT2D eigenvalue weighted by atomic mass is 16.8. The van der Waals surface area contributed by atoms with Crippen LogP contribution in [-0.2, 0) is 30.4 Å². The van der Waals surface area contributed by atoms with Crippen molar-refractivity contribution in [3.05, 3.63) is 42.0 Å². The number of anilines is 1. The molecule has 1 unspecified atom stereocenters. The molecule has 0 bridgehead atoms. The molecule has 2 aliphatic rings. The van der Waals surface area contributed by atoms with Gasteiger partial charge in [0.2, 0.25) is 0 Å². The van der Waals surface area contributed by atoms with Crippen LogP contribution in [0.25, 0.3) is 0 Å². The van der Waals surface area contributed by atoms with Gasteiger partial charge < -0.3 is 5.11 Å². The van der Waals surface area contributed by atoms with Crippen LogP contribution in [0, 0.1) is 0 Å². The number of nitrogens with zero attached hydrogens (tertiary/aromatic N) is 2. The van der Waals surface area contributed by atoms with Gasteiger partial charge >= 0.3 is 0 Å². The molecule has 26 heavy (non-hydrogen) atoms. The zero-order valence-corrected chi connectivity index (χ0v) is 14.0. The lowest BCUT2D eigenvalue weighted by atomic mass is 10.1. The second kappa shape index (κ2) is 7.59. The second-order valence-corrected chi connectivity index (χ2v) is 6.05. The van der Waals surface area contributed by atoms with E-state index >= 15 is 0 Å². The molecule has 0 radical (unpaired) electrons. The third-order valence-electron chi connectivity index (χ3n) is 4.15. The van der Waals surface area contributed by atoms with Crippen molar-refractivity contribution in [2.45, 2.75) is 38.4 Å². The Morgan fingerprint density at radius 2 is 1.54 bits per heavy atom. The van der Waals surface area contributed by atoms with Gasteiger partial charge in [0, 0.05) is 31.4 Å². The Morgan fingerprint density at radius 1 is 0.962 bits per heavy atom. The molecule has 1 aromatic carbocycles. The fraction of sp³-hybridized carbons (Fsp3) is 0.333. The van der Waals surface area contributed by atoms with Gasteiger partial charge in [-0.3, -0.25) is 19.2 Å². The van der Waals surface area contributed by atoms with Gasteiger partial charge in [-0.1, -0.05) is 12.1 Å². The molecule has 8 heteroatoms. The minimum atomic E-state index is -1.23. The van der Waals surface area contributed by atoms with E-state index in [0.29, 0.717) is 23.6 Å². The molecular formula is C18H18N2O6. The van der Waals surface area contributed by atoms with Gasteiger partial charge in [-0.2, -0.15) is 5.06 Å². The summed E-state index contributed by atoms with van der Waals surface area (Å²) in [5.74, 6) is -1.61. The Hall–Kier alpha value is -2.84. The van der Waals surface area contributed by atoms with Crippen molar-refractivity contribution in [3.8, 4) is 0 Å². The first-order chi connectivity index (χ1) is 12.5. The van der Waals surface area contributed by atoms with Gasteiger partial charge in [-0.25, -0.2) is 9.74 Å². The number of amides is 4. The number of aliphatic hydroxyl groups is 1. The van der Waals surface area contributed by atoms with Gasteiger partial charge in [-0.05, 0) is 30.5 Å². The summed E-state index contributed by atoms with van der Waals surface area (Å²) in [7, 11) is 0. The number of rotatable bonds is 7. The number of aliphatic hydroxyl groups excluding tert-OH is 1. The summed E-state index contributed by atoms with van der Waals surface area (Å²) in [6, 6.07) is 6.98. The molecule has 1 aromatic rings.